The third-order valence-corrected chi connectivity index (χ3v) is 4.31. The van der Waals surface area contributed by atoms with Crippen molar-refractivity contribution >= 4 is 5.69 Å². The first-order chi connectivity index (χ1) is 11.9. The van der Waals surface area contributed by atoms with E-state index in [1.807, 2.05) is 0 Å². The predicted molar refractivity (Wildman–Crippen MR) is 98.5 cm³/mol. The highest BCUT2D eigenvalue weighted by Gasteiger charge is 2.10. The molecule has 1 aliphatic rings. The van der Waals surface area contributed by atoms with Crippen LogP contribution >= 0.6 is 0 Å². The molecule has 0 atom stereocenters. The average Bonchev–Trinajstić information content (AvgIpc) is 2.66. The lowest BCUT2D eigenvalue weighted by Crippen LogP contribution is -2.43. The van der Waals surface area contributed by atoms with E-state index in [2.05, 4.69) is 58.7 Å². The van der Waals surface area contributed by atoms with E-state index in [9.17, 15) is 0 Å². The summed E-state index contributed by atoms with van der Waals surface area (Å²) in [5, 5.41) is 3.39. The van der Waals surface area contributed by atoms with Crippen LogP contribution in [-0.2, 0) is 16.1 Å². The van der Waals surface area contributed by atoms with Crippen LogP contribution in [0.15, 0.2) is 48.5 Å². The summed E-state index contributed by atoms with van der Waals surface area (Å²) in [5.41, 5.74) is 4.97. The minimum Gasteiger partial charge on any atom is -0.382 e. The average molecular weight is 326 g/mol. The first-order valence-corrected chi connectivity index (χ1v) is 8.58. The Bertz CT molecular complexity index is 622. The minimum absolute atomic E-state index is 0.621. The zero-order chi connectivity index (χ0) is 16.6. The van der Waals surface area contributed by atoms with Gasteiger partial charge in [-0.25, -0.2) is 0 Å². The van der Waals surface area contributed by atoms with Crippen LogP contribution in [0.1, 0.15) is 5.56 Å². The van der Waals surface area contributed by atoms with Gasteiger partial charge in [-0.1, -0.05) is 30.3 Å². The summed E-state index contributed by atoms with van der Waals surface area (Å²) < 4.78 is 10.6. The molecule has 0 amide bonds. The van der Waals surface area contributed by atoms with Crippen molar-refractivity contribution < 1.29 is 9.47 Å². The van der Waals surface area contributed by atoms with E-state index < -0.39 is 0 Å². The van der Waals surface area contributed by atoms with Gasteiger partial charge in [-0.05, 0) is 34.9 Å². The molecule has 0 unspecified atom stereocenters. The number of rotatable bonds is 7. The molecule has 0 saturated carbocycles. The number of anilines is 1. The van der Waals surface area contributed by atoms with Gasteiger partial charge < -0.3 is 19.7 Å². The summed E-state index contributed by atoms with van der Waals surface area (Å²) in [6.07, 6.45) is 0. The van der Waals surface area contributed by atoms with Crippen molar-refractivity contribution in [2.75, 3.05) is 51.4 Å². The molecule has 1 fully saturated rings. The molecule has 1 aliphatic heterocycles. The standard InChI is InChI=1S/C20H26N2O2/c1-23-13-14-24-16-17-3-2-4-19(15-17)18-5-7-20(8-6-18)22-11-9-21-10-12-22/h2-8,15,21H,9-14,16H2,1H3. The van der Waals surface area contributed by atoms with Gasteiger partial charge in [0.1, 0.15) is 0 Å². The summed E-state index contributed by atoms with van der Waals surface area (Å²) in [4.78, 5) is 2.43. The Morgan fingerprint density at radius 3 is 2.50 bits per heavy atom. The van der Waals surface area contributed by atoms with Crippen LogP contribution in [0.5, 0.6) is 0 Å². The summed E-state index contributed by atoms with van der Waals surface area (Å²) in [7, 11) is 1.69. The van der Waals surface area contributed by atoms with Gasteiger partial charge in [-0.3, -0.25) is 0 Å². The molecule has 0 radical (unpaired) electrons. The molecular weight excluding hydrogens is 300 g/mol. The largest absolute Gasteiger partial charge is 0.382 e. The van der Waals surface area contributed by atoms with Crippen LogP contribution in [0.25, 0.3) is 11.1 Å². The second-order valence-electron chi connectivity index (χ2n) is 6.03. The van der Waals surface area contributed by atoms with Gasteiger partial charge >= 0.3 is 0 Å². The molecule has 0 aromatic heterocycles. The van der Waals surface area contributed by atoms with Crippen molar-refractivity contribution in [3.8, 4) is 11.1 Å². The van der Waals surface area contributed by atoms with E-state index in [-0.39, 0.29) is 0 Å². The Morgan fingerprint density at radius 2 is 1.75 bits per heavy atom. The summed E-state index contributed by atoms with van der Waals surface area (Å²) >= 11 is 0. The van der Waals surface area contributed by atoms with E-state index in [4.69, 9.17) is 9.47 Å². The lowest BCUT2D eigenvalue weighted by molar-refractivity contribution is 0.0617. The zero-order valence-electron chi connectivity index (χ0n) is 14.3. The van der Waals surface area contributed by atoms with Gasteiger partial charge in [0.05, 0.1) is 19.8 Å². The molecule has 24 heavy (non-hydrogen) atoms. The maximum Gasteiger partial charge on any atom is 0.0718 e. The molecule has 4 nitrogen and oxygen atoms in total. The van der Waals surface area contributed by atoms with Crippen LogP contribution in [0, 0.1) is 0 Å². The van der Waals surface area contributed by atoms with Gasteiger partial charge in [0.2, 0.25) is 0 Å². The molecule has 0 bridgehead atoms. The Kier molecular flexibility index (Phi) is 6.24. The van der Waals surface area contributed by atoms with Gasteiger partial charge in [0.15, 0.2) is 0 Å². The van der Waals surface area contributed by atoms with E-state index in [0.29, 0.717) is 19.8 Å². The van der Waals surface area contributed by atoms with Gasteiger partial charge in [0.25, 0.3) is 0 Å². The number of piperazine rings is 1. The zero-order valence-corrected chi connectivity index (χ0v) is 14.3. The molecular formula is C20H26N2O2. The lowest BCUT2D eigenvalue weighted by Gasteiger charge is -2.29. The molecule has 128 valence electrons. The Hall–Kier alpha value is -1.88. The van der Waals surface area contributed by atoms with E-state index in [1.165, 1.54) is 22.4 Å². The van der Waals surface area contributed by atoms with Crippen molar-refractivity contribution in [2.45, 2.75) is 6.61 Å². The minimum atomic E-state index is 0.621. The normalized spacial score (nSPS) is 14.8. The van der Waals surface area contributed by atoms with Gasteiger partial charge in [-0.2, -0.15) is 0 Å². The fourth-order valence-electron chi connectivity index (χ4n) is 2.96. The highest BCUT2D eigenvalue weighted by atomic mass is 16.5. The van der Waals surface area contributed by atoms with Crippen LogP contribution in [0.4, 0.5) is 5.69 Å². The summed E-state index contributed by atoms with van der Waals surface area (Å²) in [5.74, 6) is 0. The topological polar surface area (TPSA) is 33.7 Å². The Morgan fingerprint density at radius 1 is 0.958 bits per heavy atom. The number of nitrogens with zero attached hydrogens (tertiary/aromatic N) is 1. The highest BCUT2D eigenvalue weighted by Crippen LogP contribution is 2.24. The molecule has 4 heteroatoms. The van der Waals surface area contributed by atoms with Gasteiger partial charge in [-0.15, -0.1) is 0 Å². The van der Waals surface area contributed by atoms with E-state index in [0.717, 1.165) is 26.2 Å². The highest BCUT2D eigenvalue weighted by molar-refractivity contribution is 5.67. The second kappa shape index (κ2) is 8.83. The summed E-state index contributed by atoms with van der Waals surface area (Å²) in [6, 6.07) is 17.4. The molecule has 1 heterocycles. The van der Waals surface area contributed by atoms with Crippen LogP contribution < -0.4 is 10.2 Å². The smallest absolute Gasteiger partial charge is 0.0718 e. The molecule has 0 aliphatic carbocycles. The quantitative estimate of drug-likeness (QED) is 0.793. The molecule has 0 spiro atoms. The number of nitrogens with one attached hydrogen (secondary N) is 1. The molecule has 2 aromatic carbocycles. The summed E-state index contributed by atoms with van der Waals surface area (Å²) in [6.45, 7) is 6.16. The van der Waals surface area contributed by atoms with Crippen molar-refractivity contribution in [1.29, 1.82) is 0 Å². The fourth-order valence-corrected chi connectivity index (χ4v) is 2.96. The van der Waals surface area contributed by atoms with Crippen LogP contribution in [-0.4, -0.2) is 46.5 Å². The first-order valence-electron chi connectivity index (χ1n) is 8.58. The van der Waals surface area contributed by atoms with Gasteiger partial charge in [0, 0.05) is 39.0 Å². The van der Waals surface area contributed by atoms with E-state index >= 15 is 0 Å². The predicted octanol–water partition coefficient (Wildman–Crippen LogP) is 2.93. The van der Waals surface area contributed by atoms with Crippen molar-refractivity contribution in [2.24, 2.45) is 0 Å². The molecule has 2 aromatic rings. The molecule has 1 N–H and O–H groups in total. The van der Waals surface area contributed by atoms with Crippen molar-refractivity contribution in [3.05, 3.63) is 54.1 Å². The number of methoxy groups -OCH3 is 1. The third kappa shape index (κ3) is 4.57. The maximum atomic E-state index is 5.61. The number of ether oxygens (including phenoxy) is 2. The fraction of sp³-hybridized carbons (Fsp3) is 0.400. The SMILES string of the molecule is COCCOCc1cccc(-c2ccc(N3CCNCC3)cc2)c1. The maximum absolute atomic E-state index is 5.61. The number of hydrogen-bond acceptors (Lipinski definition) is 4. The molecule has 3 rings (SSSR count). The molecule has 1 saturated heterocycles. The number of hydrogen-bond donors (Lipinski definition) is 1. The van der Waals surface area contributed by atoms with Crippen molar-refractivity contribution in [3.63, 3.8) is 0 Å². The monoisotopic (exact) mass is 326 g/mol. The van der Waals surface area contributed by atoms with Crippen molar-refractivity contribution in [1.82, 2.24) is 5.32 Å². The first kappa shape index (κ1) is 17.0. The third-order valence-electron chi connectivity index (χ3n) is 4.31. The Labute approximate surface area is 144 Å². The lowest BCUT2D eigenvalue weighted by atomic mass is 10.0. The number of benzene rings is 2. The van der Waals surface area contributed by atoms with E-state index in [1.54, 1.807) is 7.11 Å². The Balaban J connectivity index is 1.65. The van der Waals surface area contributed by atoms with Crippen LogP contribution in [0.3, 0.4) is 0 Å². The second-order valence-corrected chi connectivity index (χ2v) is 6.03. The van der Waals surface area contributed by atoms with Crippen LogP contribution in [0.2, 0.25) is 0 Å².